The molecule has 0 saturated heterocycles. The van der Waals surface area contributed by atoms with Crippen LogP contribution in [0.2, 0.25) is 0 Å². The van der Waals surface area contributed by atoms with Gasteiger partial charge in [-0.2, -0.15) is 0 Å². The molecule has 1 aromatic rings. The van der Waals surface area contributed by atoms with Crippen LogP contribution in [0.4, 0.5) is 4.39 Å². The van der Waals surface area contributed by atoms with Gasteiger partial charge in [0.2, 0.25) is 5.91 Å². The molecular formula is C16H22FNOS. The Morgan fingerprint density at radius 2 is 2.10 bits per heavy atom. The van der Waals surface area contributed by atoms with Crippen LogP contribution in [0.5, 0.6) is 0 Å². The lowest BCUT2D eigenvalue weighted by molar-refractivity contribution is -0.119. The third-order valence-electron chi connectivity index (χ3n) is 4.25. The molecule has 1 amide bonds. The Labute approximate surface area is 124 Å². The van der Waals surface area contributed by atoms with Gasteiger partial charge in [0, 0.05) is 10.9 Å². The third kappa shape index (κ3) is 3.98. The molecule has 1 aliphatic rings. The molecule has 0 aromatic heterocycles. The van der Waals surface area contributed by atoms with Gasteiger partial charge in [-0.05, 0) is 30.4 Å². The predicted octanol–water partition coefficient (Wildman–Crippen LogP) is 3.86. The minimum absolute atomic E-state index is 0.00389. The van der Waals surface area contributed by atoms with E-state index >= 15 is 0 Å². The van der Waals surface area contributed by atoms with Crippen molar-refractivity contribution < 1.29 is 9.18 Å². The van der Waals surface area contributed by atoms with Gasteiger partial charge in [0.15, 0.2) is 0 Å². The highest BCUT2D eigenvalue weighted by atomic mass is 32.2. The Morgan fingerprint density at radius 3 is 2.85 bits per heavy atom. The van der Waals surface area contributed by atoms with Crippen molar-refractivity contribution in [2.24, 2.45) is 11.8 Å². The first-order valence-corrected chi connectivity index (χ1v) is 8.23. The quantitative estimate of drug-likeness (QED) is 0.855. The van der Waals surface area contributed by atoms with Crippen molar-refractivity contribution in [3.63, 3.8) is 0 Å². The molecule has 2 rings (SSSR count). The molecule has 0 spiro atoms. The van der Waals surface area contributed by atoms with Crippen molar-refractivity contribution in [1.82, 2.24) is 5.32 Å². The monoisotopic (exact) mass is 295 g/mol. The molecule has 0 radical (unpaired) electrons. The molecule has 1 aliphatic carbocycles. The second-order valence-electron chi connectivity index (χ2n) is 5.66. The summed E-state index contributed by atoms with van der Waals surface area (Å²) in [6.07, 6.45) is 3.48. The van der Waals surface area contributed by atoms with Crippen molar-refractivity contribution in [3.05, 3.63) is 30.1 Å². The number of carbonyl (C=O) groups excluding carboxylic acids is 1. The maximum Gasteiger partial charge on any atom is 0.230 e. The van der Waals surface area contributed by atoms with Gasteiger partial charge in [-0.1, -0.05) is 38.8 Å². The van der Waals surface area contributed by atoms with Crippen molar-refractivity contribution >= 4 is 17.7 Å². The first kappa shape index (κ1) is 15.4. The van der Waals surface area contributed by atoms with Crippen LogP contribution in [0.25, 0.3) is 0 Å². The molecule has 3 atom stereocenters. The predicted molar refractivity (Wildman–Crippen MR) is 81.2 cm³/mol. The topological polar surface area (TPSA) is 29.1 Å². The number of thioether (sulfide) groups is 1. The lowest BCUT2D eigenvalue weighted by Crippen LogP contribution is -2.44. The summed E-state index contributed by atoms with van der Waals surface area (Å²) in [5.41, 5.74) is 0. The fraction of sp³-hybridized carbons (Fsp3) is 0.562. The second kappa shape index (κ2) is 7.11. The van der Waals surface area contributed by atoms with Gasteiger partial charge in [0.05, 0.1) is 5.75 Å². The van der Waals surface area contributed by atoms with Crippen LogP contribution in [0.1, 0.15) is 33.1 Å². The molecule has 1 N–H and O–H groups in total. The minimum Gasteiger partial charge on any atom is -0.352 e. The summed E-state index contributed by atoms with van der Waals surface area (Å²) in [5, 5.41) is 3.11. The molecule has 1 aromatic carbocycles. The minimum atomic E-state index is -0.259. The van der Waals surface area contributed by atoms with E-state index in [1.54, 1.807) is 18.2 Å². The Balaban J connectivity index is 1.82. The Kier molecular flexibility index (Phi) is 5.46. The van der Waals surface area contributed by atoms with Crippen LogP contribution < -0.4 is 5.32 Å². The Bertz CT molecular complexity index is 466. The van der Waals surface area contributed by atoms with E-state index in [4.69, 9.17) is 0 Å². The molecule has 110 valence electrons. The fourth-order valence-corrected chi connectivity index (χ4v) is 3.49. The van der Waals surface area contributed by atoms with Crippen molar-refractivity contribution in [2.75, 3.05) is 5.75 Å². The van der Waals surface area contributed by atoms with E-state index < -0.39 is 0 Å². The molecule has 3 unspecified atom stereocenters. The molecular weight excluding hydrogens is 273 g/mol. The van der Waals surface area contributed by atoms with Crippen molar-refractivity contribution in [2.45, 2.75) is 44.0 Å². The van der Waals surface area contributed by atoms with E-state index in [9.17, 15) is 9.18 Å². The number of halogens is 1. The van der Waals surface area contributed by atoms with Gasteiger partial charge in [0.25, 0.3) is 0 Å². The zero-order valence-electron chi connectivity index (χ0n) is 12.1. The smallest absolute Gasteiger partial charge is 0.230 e. The number of carbonyl (C=O) groups is 1. The largest absolute Gasteiger partial charge is 0.352 e. The summed E-state index contributed by atoms with van der Waals surface area (Å²) >= 11 is 1.26. The Hall–Kier alpha value is -1.03. The van der Waals surface area contributed by atoms with Crippen LogP contribution in [0.3, 0.4) is 0 Å². The average Bonchev–Trinajstić information content (AvgIpc) is 2.43. The van der Waals surface area contributed by atoms with E-state index in [-0.39, 0.29) is 23.5 Å². The van der Waals surface area contributed by atoms with Crippen molar-refractivity contribution in [3.8, 4) is 0 Å². The molecule has 20 heavy (non-hydrogen) atoms. The van der Waals surface area contributed by atoms with Crippen LogP contribution in [0.15, 0.2) is 29.2 Å². The third-order valence-corrected chi connectivity index (χ3v) is 5.30. The average molecular weight is 295 g/mol. The molecule has 1 fully saturated rings. The molecule has 0 bridgehead atoms. The SMILES string of the molecule is CC1CCCC(NC(=O)CSc2ccccc2F)C1C. The molecule has 0 aliphatic heterocycles. The molecule has 4 heteroatoms. The van der Waals surface area contributed by atoms with E-state index in [0.29, 0.717) is 16.7 Å². The highest BCUT2D eigenvalue weighted by molar-refractivity contribution is 8.00. The summed E-state index contributed by atoms with van der Waals surface area (Å²) in [4.78, 5) is 12.5. The zero-order chi connectivity index (χ0) is 14.5. The fourth-order valence-electron chi connectivity index (χ4n) is 2.74. The molecule has 1 saturated carbocycles. The van der Waals surface area contributed by atoms with Crippen LogP contribution in [0, 0.1) is 17.7 Å². The van der Waals surface area contributed by atoms with Gasteiger partial charge in [0.1, 0.15) is 5.82 Å². The number of hydrogen-bond donors (Lipinski definition) is 1. The highest BCUT2D eigenvalue weighted by Gasteiger charge is 2.27. The first-order valence-electron chi connectivity index (χ1n) is 7.24. The standard InChI is InChI=1S/C16H22FNOS/c1-11-6-5-8-14(12(11)2)18-16(19)10-20-15-9-4-3-7-13(15)17/h3-4,7,9,11-12,14H,5-6,8,10H2,1-2H3,(H,18,19). The number of rotatable bonds is 4. The summed E-state index contributed by atoms with van der Waals surface area (Å²) in [6.45, 7) is 4.45. The lowest BCUT2D eigenvalue weighted by atomic mass is 9.78. The van der Waals surface area contributed by atoms with Gasteiger partial charge in [-0.3, -0.25) is 4.79 Å². The van der Waals surface area contributed by atoms with Gasteiger partial charge in [-0.15, -0.1) is 11.8 Å². The summed E-state index contributed by atoms with van der Waals surface area (Å²) in [6, 6.07) is 6.84. The molecule has 2 nitrogen and oxygen atoms in total. The van der Waals surface area contributed by atoms with E-state index in [1.165, 1.54) is 30.7 Å². The van der Waals surface area contributed by atoms with E-state index in [2.05, 4.69) is 19.2 Å². The Morgan fingerprint density at radius 1 is 1.35 bits per heavy atom. The maximum absolute atomic E-state index is 13.5. The number of amides is 1. The number of hydrogen-bond acceptors (Lipinski definition) is 2. The van der Waals surface area contributed by atoms with Gasteiger partial charge < -0.3 is 5.32 Å². The maximum atomic E-state index is 13.5. The zero-order valence-corrected chi connectivity index (χ0v) is 12.9. The van der Waals surface area contributed by atoms with Crippen LogP contribution in [-0.2, 0) is 4.79 Å². The first-order chi connectivity index (χ1) is 9.58. The van der Waals surface area contributed by atoms with Gasteiger partial charge >= 0.3 is 0 Å². The lowest BCUT2D eigenvalue weighted by Gasteiger charge is -2.34. The van der Waals surface area contributed by atoms with Crippen LogP contribution in [-0.4, -0.2) is 17.7 Å². The normalized spacial score (nSPS) is 26.2. The van der Waals surface area contributed by atoms with Gasteiger partial charge in [-0.25, -0.2) is 4.39 Å². The number of nitrogens with one attached hydrogen (secondary N) is 1. The van der Waals surface area contributed by atoms with E-state index in [0.717, 1.165) is 6.42 Å². The van der Waals surface area contributed by atoms with E-state index in [1.807, 2.05) is 0 Å². The summed E-state index contributed by atoms with van der Waals surface area (Å²) in [5.74, 6) is 1.20. The van der Waals surface area contributed by atoms with Crippen LogP contribution >= 0.6 is 11.8 Å². The highest BCUT2D eigenvalue weighted by Crippen LogP contribution is 2.29. The number of benzene rings is 1. The van der Waals surface area contributed by atoms with Crippen molar-refractivity contribution in [1.29, 1.82) is 0 Å². The summed E-state index contributed by atoms with van der Waals surface area (Å²) < 4.78 is 13.5. The summed E-state index contributed by atoms with van der Waals surface area (Å²) in [7, 11) is 0. The molecule has 0 heterocycles. The second-order valence-corrected chi connectivity index (χ2v) is 6.68.